The van der Waals surface area contributed by atoms with Crippen LogP contribution >= 0.6 is 10.7 Å². The van der Waals surface area contributed by atoms with Gasteiger partial charge in [-0.3, -0.25) is 4.57 Å². The molecule has 2 heterocycles. The van der Waals surface area contributed by atoms with E-state index in [2.05, 4.69) is 10.2 Å². The lowest BCUT2D eigenvalue weighted by atomic mass is 9.99. The second kappa shape index (κ2) is 6.38. The van der Waals surface area contributed by atoms with Crippen molar-refractivity contribution in [3.8, 4) is 0 Å². The molecule has 9 heteroatoms. The topological polar surface area (TPSA) is 83.3 Å². The zero-order chi connectivity index (χ0) is 14.8. The van der Waals surface area contributed by atoms with Crippen LogP contribution in [0.1, 0.15) is 31.5 Å². The maximum Gasteiger partial charge on any atom is 0.296 e. The minimum atomic E-state index is -3.93. The lowest BCUT2D eigenvalue weighted by Crippen LogP contribution is -2.20. The molecule has 0 radical (unpaired) electrons. The smallest absolute Gasteiger partial charge is 0.296 e. The summed E-state index contributed by atoms with van der Waals surface area (Å²) in [5, 5.41) is 7.54. The van der Waals surface area contributed by atoms with E-state index in [1.807, 2.05) is 6.92 Å². The standard InChI is InChI=1S/C11H18ClN3O4S/c1-3-9-8(4-6-19-9)10-13-14-11(20(12,16)17)15(10)5-7-18-2/h8-9H,3-7H2,1-2H3. The minimum absolute atomic E-state index is 0.0337. The third-order valence-electron chi connectivity index (χ3n) is 3.43. The van der Waals surface area contributed by atoms with Crippen LogP contribution in [-0.4, -0.2) is 49.6 Å². The maximum atomic E-state index is 11.6. The summed E-state index contributed by atoms with van der Waals surface area (Å²) in [6.07, 6.45) is 1.67. The third kappa shape index (κ3) is 3.13. The highest BCUT2D eigenvalue weighted by atomic mass is 35.7. The number of rotatable bonds is 6. The number of hydrogen-bond donors (Lipinski definition) is 0. The fourth-order valence-corrected chi connectivity index (χ4v) is 3.42. The Balaban J connectivity index is 2.40. The first-order valence-electron chi connectivity index (χ1n) is 6.47. The minimum Gasteiger partial charge on any atom is -0.383 e. The van der Waals surface area contributed by atoms with Crippen LogP contribution in [0.3, 0.4) is 0 Å². The van der Waals surface area contributed by atoms with Gasteiger partial charge in [0.1, 0.15) is 5.82 Å². The number of aromatic nitrogens is 3. The Bertz CT molecular complexity index is 560. The van der Waals surface area contributed by atoms with Gasteiger partial charge in [0.05, 0.1) is 12.7 Å². The molecule has 7 nitrogen and oxygen atoms in total. The van der Waals surface area contributed by atoms with Crippen molar-refractivity contribution in [2.75, 3.05) is 20.3 Å². The highest BCUT2D eigenvalue weighted by molar-refractivity contribution is 8.13. The fraction of sp³-hybridized carbons (Fsp3) is 0.818. The Morgan fingerprint density at radius 1 is 1.50 bits per heavy atom. The highest BCUT2D eigenvalue weighted by Crippen LogP contribution is 2.33. The van der Waals surface area contributed by atoms with Crippen LogP contribution in [0.4, 0.5) is 0 Å². The van der Waals surface area contributed by atoms with Crippen molar-refractivity contribution in [2.45, 2.75) is 43.5 Å². The van der Waals surface area contributed by atoms with Gasteiger partial charge in [0, 0.05) is 36.9 Å². The number of halogens is 1. The summed E-state index contributed by atoms with van der Waals surface area (Å²) in [6.45, 7) is 3.36. The lowest BCUT2D eigenvalue weighted by molar-refractivity contribution is 0.0982. The van der Waals surface area contributed by atoms with Crippen molar-refractivity contribution in [1.29, 1.82) is 0 Å². The summed E-state index contributed by atoms with van der Waals surface area (Å²) in [5.74, 6) is 0.641. The molecular formula is C11H18ClN3O4S. The average molecular weight is 324 g/mol. The second-order valence-electron chi connectivity index (χ2n) is 4.64. The van der Waals surface area contributed by atoms with Gasteiger partial charge in [-0.25, -0.2) is 8.42 Å². The van der Waals surface area contributed by atoms with Gasteiger partial charge in [0.15, 0.2) is 0 Å². The van der Waals surface area contributed by atoms with Crippen molar-refractivity contribution in [2.24, 2.45) is 0 Å². The van der Waals surface area contributed by atoms with Gasteiger partial charge in [-0.05, 0) is 12.8 Å². The predicted octanol–water partition coefficient (Wildman–Crippen LogP) is 1.13. The van der Waals surface area contributed by atoms with Crippen LogP contribution in [0.5, 0.6) is 0 Å². The molecule has 0 bridgehead atoms. The average Bonchev–Trinajstić information content (AvgIpc) is 3.00. The highest BCUT2D eigenvalue weighted by Gasteiger charge is 2.34. The van der Waals surface area contributed by atoms with E-state index < -0.39 is 9.05 Å². The maximum absolute atomic E-state index is 11.6. The first kappa shape index (κ1) is 15.7. The van der Waals surface area contributed by atoms with Gasteiger partial charge in [-0.2, -0.15) is 0 Å². The van der Waals surface area contributed by atoms with Crippen LogP contribution < -0.4 is 0 Å². The first-order valence-corrected chi connectivity index (χ1v) is 8.78. The molecule has 0 aromatic carbocycles. The van der Waals surface area contributed by atoms with Crippen molar-refractivity contribution in [3.63, 3.8) is 0 Å². The number of nitrogens with zero attached hydrogens (tertiary/aromatic N) is 3. The van der Waals surface area contributed by atoms with Gasteiger partial charge in [0.2, 0.25) is 0 Å². The van der Waals surface area contributed by atoms with E-state index >= 15 is 0 Å². The van der Waals surface area contributed by atoms with Crippen LogP contribution in [0.2, 0.25) is 0 Å². The van der Waals surface area contributed by atoms with E-state index in [-0.39, 0.29) is 17.2 Å². The Labute approximate surface area is 122 Å². The second-order valence-corrected chi connectivity index (χ2v) is 7.10. The van der Waals surface area contributed by atoms with Crippen LogP contribution in [0.25, 0.3) is 0 Å². The quantitative estimate of drug-likeness (QED) is 0.730. The summed E-state index contributed by atoms with van der Waals surface area (Å²) in [4.78, 5) is 0. The van der Waals surface area contributed by atoms with Crippen LogP contribution in [0.15, 0.2) is 5.16 Å². The van der Waals surface area contributed by atoms with Gasteiger partial charge in [-0.1, -0.05) is 6.92 Å². The number of methoxy groups -OCH3 is 1. The Morgan fingerprint density at radius 2 is 2.25 bits per heavy atom. The van der Waals surface area contributed by atoms with E-state index in [0.29, 0.717) is 25.6 Å². The van der Waals surface area contributed by atoms with Crippen molar-refractivity contribution in [3.05, 3.63) is 5.82 Å². The zero-order valence-electron chi connectivity index (χ0n) is 11.5. The molecule has 2 atom stereocenters. The molecule has 0 aliphatic carbocycles. The fourth-order valence-electron chi connectivity index (χ4n) is 2.49. The molecule has 0 saturated carbocycles. The van der Waals surface area contributed by atoms with E-state index in [1.54, 1.807) is 7.11 Å². The molecule has 1 aliphatic rings. The van der Waals surface area contributed by atoms with E-state index in [4.69, 9.17) is 20.2 Å². The SMILES string of the molecule is CCC1OCCC1c1nnc(S(=O)(=O)Cl)n1CCOC. The molecule has 2 rings (SSSR count). The molecule has 114 valence electrons. The predicted molar refractivity (Wildman–Crippen MR) is 72.3 cm³/mol. The monoisotopic (exact) mass is 323 g/mol. The summed E-state index contributed by atoms with van der Waals surface area (Å²) >= 11 is 0. The van der Waals surface area contributed by atoms with Crippen LogP contribution in [0, 0.1) is 0 Å². The Kier molecular flexibility index (Phi) is 5.00. The summed E-state index contributed by atoms with van der Waals surface area (Å²) in [6, 6.07) is 0. The molecule has 2 unspecified atom stereocenters. The van der Waals surface area contributed by atoms with Crippen molar-refractivity contribution in [1.82, 2.24) is 14.8 Å². The van der Waals surface area contributed by atoms with Crippen molar-refractivity contribution >= 4 is 19.7 Å². The van der Waals surface area contributed by atoms with Gasteiger partial charge < -0.3 is 9.47 Å². The first-order chi connectivity index (χ1) is 9.49. The molecule has 0 N–H and O–H groups in total. The lowest BCUT2D eigenvalue weighted by Gasteiger charge is -2.17. The van der Waals surface area contributed by atoms with E-state index in [9.17, 15) is 8.42 Å². The molecule has 1 aliphatic heterocycles. The number of hydrogen-bond acceptors (Lipinski definition) is 6. The molecule has 0 spiro atoms. The molecular weight excluding hydrogens is 306 g/mol. The van der Waals surface area contributed by atoms with E-state index in [1.165, 1.54) is 4.57 Å². The number of ether oxygens (including phenoxy) is 2. The van der Waals surface area contributed by atoms with Crippen molar-refractivity contribution < 1.29 is 17.9 Å². The largest absolute Gasteiger partial charge is 0.383 e. The summed E-state index contributed by atoms with van der Waals surface area (Å²) in [5.41, 5.74) is 0. The molecule has 0 amide bonds. The van der Waals surface area contributed by atoms with Gasteiger partial charge >= 0.3 is 0 Å². The molecule has 1 aromatic rings. The Hall–Kier alpha value is -0.700. The molecule has 20 heavy (non-hydrogen) atoms. The van der Waals surface area contributed by atoms with Crippen LogP contribution in [-0.2, 0) is 25.1 Å². The summed E-state index contributed by atoms with van der Waals surface area (Å²) < 4.78 is 35.3. The summed E-state index contributed by atoms with van der Waals surface area (Å²) in [7, 11) is 3.03. The molecule has 1 saturated heterocycles. The normalized spacial score (nSPS) is 23.4. The van der Waals surface area contributed by atoms with Gasteiger partial charge in [0.25, 0.3) is 14.2 Å². The Morgan fingerprint density at radius 3 is 2.85 bits per heavy atom. The molecule has 1 fully saturated rings. The van der Waals surface area contributed by atoms with Gasteiger partial charge in [-0.15, -0.1) is 10.2 Å². The third-order valence-corrected chi connectivity index (χ3v) is 4.58. The molecule has 1 aromatic heterocycles. The zero-order valence-corrected chi connectivity index (χ0v) is 13.0. The van der Waals surface area contributed by atoms with E-state index in [0.717, 1.165) is 12.8 Å².